The van der Waals surface area contributed by atoms with E-state index in [1.165, 1.54) is 13.1 Å². The Balaban J connectivity index is 2.12. The van der Waals surface area contributed by atoms with Crippen LogP contribution < -0.4 is 15.4 Å². The van der Waals surface area contributed by atoms with E-state index >= 15 is 0 Å². The maximum absolute atomic E-state index is 11.7. The van der Waals surface area contributed by atoms with Gasteiger partial charge in [0, 0.05) is 32.7 Å². The van der Waals surface area contributed by atoms with Gasteiger partial charge in [0.2, 0.25) is 10.0 Å². The number of benzene rings is 1. The number of piperazine rings is 1. The van der Waals surface area contributed by atoms with E-state index in [-0.39, 0.29) is 11.5 Å². The van der Waals surface area contributed by atoms with Gasteiger partial charge in [0.25, 0.3) is 0 Å². The first-order valence-electron chi connectivity index (χ1n) is 6.89. The van der Waals surface area contributed by atoms with Crippen molar-refractivity contribution in [1.29, 1.82) is 0 Å². The van der Waals surface area contributed by atoms with Crippen LogP contribution in [0.3, 0.4) is 0 Å². The Morgan fingerprint density at radius 2 is 1.95 bits per heavy atom. The maximum atomic E-state index is 11.7. The Labute approximate surface area is 125 Å². The van der Waals surface area contributed by atoms with Gasteiger partial charge in [-0.2, -0.15) is 0 Å². The summed E-state index contributed by atoms with van der Waals surface area (Å²) in [6, 6.07) is 4.81. The molecule has 0 amide bonds. The second-order valence-electron chi connectivity index (χ2n) is 4.98. The van der Waals surface area contributed by atoms with Crippen molar-refractivity contribution in [2.24, 2.45) is 0 Å². The fourth-order valence-corrected chi connectivity index (χ4v) is 3.22. The average molecular weight is 314 g/mol. The molecule has 1 aliphatic rings. The van der Waals surface area contributed by atoms with Gasteiger partial charge >= 0.3 is 0 Å². The normalized spacial score (nSPS) is 17.1. The predicted octanol–water partition coefficient (Wildman–Crippen LogP) is -0.709. The summed E-state index contributed by atoms with van der Waals surface area (Å²) in [7, 11) is -2.09. The fraction of sp³-hybridized carbons (Fsp3) is 0.538. The third-order valence-corrected chi connectivity index (χ3v) is 5.12. The quantitative estimate of drug-likeness (QED) is 0.621. The number of nitrogens with one attached hydrogen (secondary N) is 1. The molecule has 0 aliphatic carbocycles. The van der Waals surface area contributed by atoms with E-state index in [2.05, 4.69) is 14.5 Å². The van der Waals surface area contributed by atoms with Crippen LogP contribution in [0.1, 0.15) is 0 Å². The van der Waals surface area contributed by atoms with Crippen LogP contribution in [0.25, 0.3) is 0 Å². The number of anilines is 2. The number of nitrogens with two attached hydrogens (primary N) is 1. The van der Waals surface area contributed by atoms with E-state index in [1.807, 2.05) is 0 Å². The van der Waals surface area contributed by atoms with E-state index in [9.17, 15) is 8.42 Å². The van der Waals surface area contributed by atoms with Gasteiger partial charge in [0.15, 0.2) is 0 Å². The van der Waals surface area contributed by atoms with Crippen LogP contribution in [0, 0.1) is 0 Å². The maximum Gasteiger partial charge on any atom is 0.240 e. The standard InChI is InChI=1S/C13H22N4O3S/c1-15-21(19,20)11-2-3-13(12(14)10-11)17-6-4-16(5-7-17)8-9-18/h2-3,10,15,18H,4-9,14H2,1H3. The molecule has 118 valence electrons. The van der Waals surface area contributed by atoms with E-state index in [4.69, 9.17) is 10.8 Å². The molecule has 0 spiro atoms. The number of β-amino-alcohol motifs (C(OH)–C–C–N with tert-alkyl or cyclic N) is 1. The number of rotatable bonds is 5. The van der Waals surface area contributed by atoms with Crippen molar-refractivity contribution in [1.82, 2.24) is 9.62 Å². The van der Waals surface area contributed by atoms with Crippen molar-refractivity contribution in [2.75, 3.05) is 57.0 Å². The summed E-state index contributed by atoms with van der Waals surface area (Å²) in [5.74, 6) is 0. The largest absolute Gasteiger partial charge is 0.397 e. The fourth-order valence-electron chi connectivity index (χ4n) is 2.46. The number of hydrogen-bond acceptors (Lipinski definition) is 6. The molecule has 0 atom stereocenters. The number of nitrogens with zero attached hydrogens (tertiary/aromatic N) is 2. The molecule has 8 heteroatoms. The molecule has 4 N–H and O–H groups in total. The van der Waals surface area contributed by atoms with Crippen LogP contribution in [0.4, 0.5) is 11.4 Å². The molecule has 21 heavy (non-hydrogen) atoms. The number of aliphatic hydroxyl groups is 1. The van der Waals surface area contributed by atoms with Gasteiger partial charge in [-0.25, -0.2) is 13.1 Å². The lowest BCUT2D eigenvalue weighted by Crippen LogP contribution is -2.47. The zero-order valence-electron chi connectivity index (χ0n) is 12.1. The molecule has 1 aliphatic heterocycles. The van der Waals surface area contributed by atoms with Gasteiger partial charge in [0.05, 0.1) is 22.9 Å². The Hall–Kier alpha value is -1.35. The van der Waals surface area contributed by atoms with Crippen LogP contribution in [0.5, 0.6) is 0 Å². The number of sulfonamides is 1. The lowest BCUT2D eigenvalue weighted by Gasteiger charge is -2.36. The minimum atomic E-state index is -3.47. The van der Waals surface area contributed by atoms with Gasteiger partial charge in [-0.05, 0) is 25.2 Å². The van der Waals surface area contributed by atoms with Crippen LogP contribution in [0.2, 0.25) is 0 Å². The summed E-state index contributed by atoms with van der Waals surface area (Å²) in [5, 5.41) is 8.94. The first-order valence-corrected chi connectivity index (χ1v) is 8.37. The molecular formula is C13H22N4O3S. The highest BCUT2D eigenvalue weighted by molar-refractivity contribution is 7.89. The van der Waals surface area contributed by atoms with Crippen LogP contribution >= 0.6 is 0 Å². The van der Waals surface area contributed by atoms with Gasteiger partial charge in [-0.15, -0.1) is 0 Å². The molecule has 1 aromatic carbocycles. The Morgan fingerprint density at radius 1 is 1.29 bits per heavy atom. The third-order valence-electron chi connectivity index (χ3n) is 3.71. The Bertz CT molecular complexity index is 583. The summed E-state index contributed by atoms with van der Waals surface area (Å²) in [6.07, 6.45) is 0. The lowest BCUT2D eigenvalue weighted by atomic mass is 10.2. The van der Waals surface area contributed by atoms with E-state index in [1.54, 1.807) is 12.1 Å². The molecule has 0 radical (unpaired) electrons. The summed E-state index contributed by atoms with van der Waals surface area (Å²) in [4.78, 5) is 4.50. The minimum absolute atomic E-state index is 0.165. The zero-order valence-corrected chi connectivity index (χ0v) is 12.9. The molecule has 7 nitrogen and oxygen atoms in total. The van der Waals surface area contributed by atoms with Gasteiger partial charge in [-0.3, -0.25) is 4.90 Å². The molecule has 1 fully saturated rings. The average Bonchev–Trinajstić information content (AvgIpc) is 2.48. The lowest BCUT2D eigenvalue weighted by molar-refractivity contribution is 0.189. The Kier molecular flexibility index (Phi) is 5.04. The second kappa shape index (κ2) is 6.61. The smallest absolute Gasteiger partial charge is 0.240 e. The summed E-state index contributed by atoms with van der Waals surface area (Å²) in [5.41, 5.74) is 7.32. The SMILES string of the molecule is CNS(=O)(=O)c1ccc(N2CCN(CCO)CC2)c(N)c1. The summed E-state index contributed by atoms with van der Waals surface area (Å²) >= 11 is 0. The van der Waals surface area contributed by atoms with E-state index < -0.39 is 10.0 Å². The Morgan fingerprint density at radius 3 is 2.48 bits per heavy atom. The molecule has 0 unspecified atom stereocenters. The number of hydrogen-bond donors (Lipinski definition) is 3. The molecule has 0 saturated carbocycles. The molecule has 1 aromatic rings. The van der Waals surface area contributed by atoms with Crippen molar-refractivity contribution in [2.45, 2.75) is 4.90 Å². The van der Waals surface area contributed by atoms with Crippen molar-refractivity contribution in [3.63, 3.8) is 0 Å². The van der Waals surface area contributed by atoms with E-state index in [0.29, 0.717) is 12.2 Å². The minimum Gasteiger partial charge on any atom is -0.397 e. The van der Waals surface area contributed by atoms with Crippen molar-refractivity contribution in [3.05, 3.63) is 18.2 Å². The van der Waals surface area contributed by atoms with Crippen molar-refractivity contribution < 1.29 is 13.5 Å². The summed E-state index contributed by atoms with van der Waals surface area (Å²) < 4.78 is 25.8. The zero-order chi connectivity index (χ0) is 15.5. The third kappa shape index (κ3) is 3.65. The first kappa shape index (κ1) is 16.0. The number of nitrogen functional groups attached to an aromatic ring is 1. The van der Waals surface area contributed by atoms with Gasteiger partial charge < -0.3 is 15.7 Å². The van der Waals surface area contributed by atoms with Crippen LogP contribution in [-0.4, -0.2) is 64.8 Å². The number of aliphatic hydroxyl groups excluding tert-OH is 1. The molecule has 1 saturated heterocycles. The molecule has 0 aromatic heterocycles. The van der Waals surface area contributed by atoms with Gasteiger partial charge in [0.1, 0.15) is 0 Å². The second-order valence-corrected chi connectivity index (χ2v) is 6.87. The molecular weight excluding hydrogens is 292 g/mol. The van der Waals surface area contributed by atoms with Crippen molar-refractivity contribution >= 4 is 21.4 Å². The highest BCUT2D eigenvalue weighted by Gasteiger charge is 2.20. The molecule has 2 rings (SSSR count). The first-order chi connectivity index (χ1) is 9.97. The topological polar surface area (TPSA) is 98.9 Å². The van der Waals surface area contributed by atoms with Crippen molar-refractivity contribution in [3.8, 4) is 0 Å². The van der Waals surface area contributed by atoms with Crippen LogP contribution in [0.15, 0.2) is 23.1 Å². The highest BCUT2D eigenvalue weighted by Crippen LogP contribution is 2.27. The predicted molar refractivity (Wildman–Crippen MR) is 82.8 cm³/mol. The van der Waals surface area contributed by atoms with Crippen LogP contribution in [-0.2, 0) is 10.0 Å². The molecule has 1 heterocycles. The van der Waals surface area contributed by atoms with Gasteiger partial charge in [-0.1, -0.05) is 0 Å². The molecule has 0 bridgehead atoms. The highest BCUT2D eigenvalue weighted by atomic mass is 32.2. The monoisotopic (exact) mass is 314 g/mol. The summed E-state index contributed by atoms with van der Waals surface area (Å²) in [6.45, 7) is 4.18. The van der Waals surface area contributed by atoms with E-state index in [0.717, 1.165) is 31.9 Å².